The monoisotopic (exact) mass is 289 g/mol. The summed E-state index contributed by atoms with van der Waals surface area (Å²) in [6.45, 7) is 1.07. The number of carbonyl (C=O) groups excluding carboxylic acids is 1. The first-order valence-electron chi connectivity index (χ1n) is 7.85. The van der Waals surface area contributed by atoms with E-state index < -0.39 is 0 Å². The summed E-state index contributed by atoms with van der Waals surface area (Å²) in [5.41, 5.74) is 1.12. The molecule has 0 spiro atoms. The fourth-order valence-corrected chi connectivity index (χ4v) is 3.06. The van der Waals surface area contributed by atoms with Gasteiger partial charge in [-0.1, -0.05) is 37.5 Å². The number of rotatable bonds is 6. The number of likely N-dealkylation sites (N-methyl/N-ethyl adjacent to an activating group) is 1. The van der Waals surface area contributed by atoms with Crippen LogP contribution in [0, 0.1) is 0 Å². The molecule has 0 aliphatic heterocycles. The molecule has 1 aliphatic rings. The molecule has 0 unspecified atom stereocenters. The van der Waals surface area contributed by atoms with E-state index in [9.17, 15) is 4.79 Å². The third-order valence-corrected chi connectivity index (χ3v) is 4.57. The Morgan fingerprint density at radius 3 is 2.43 bits per heavy atom. The van der Waals surface area contributed by atoms with Crippen LogP contribution >= 0.6 is 0 Å². The van der Waals surface area contributed by atoms with Crippen molar-refractivity contribution in [2.24, 2.45) is 0 Å². The van der Waals surface area contributed by atoms with Crippen molar-refractivity contribution in [2.75, 3.05) is 32.5 Å². The zero-order valence-corrected chi connectivity index (χ0v) is 13.2. The average Bonchev–Trinajstić information content (AvgIpc) is 2.52. The number of amides is 1. The molecule has 116 valence electrons. The standard InChI is InChI=1S/C17H27N3O/c1-20(2)17(11-7-4-8-12-17)14-19-16(21)13-18-15-9-5-3-6-10-15/h3,5-6,9-10,18H,4,7-8,11-14H2,1-2H3,(H,19,21). The average molecular weight is 289 g/mol. The van der Waals surface area contributed by atoms with Crippen molar-refractivity contribution in [1.82, 2.24) is 10.2 Å². The van der Waals surface area contributed by atoms with Crippen LogP contribution in [-0.4, -0.2) is 43.5 Å². The number of nitrogens with zero attached hydrogens (tertiary/aromatic N) is 1. The number of hydrogen-bond donors (Lipinski definition) is 2. The molecule has 1 amide bonds. The fourth-order valence-electron chi connectivity index (χ4n) is 3.06. The maximum atomic E-state index is 12.0. The van der Waals surface area contributed by atoms with Crippen molar-refractivity contribution in [3.63, 3.8) is 0 Å². The Morgan fingerprint density at radius 1 is 1.14 bits per heavy atom. The number of nitrogens with one attached hydrogen (secondary N) is 2. The predicted octanol–water partition coefficient (Wildman–Crippen LogP) is 2.48. The van der Waals surface area contributed by atoms with Crippen molar-refractivity contribution in [2.45, 2.75) is 37.6 Å². The Balaban J connectivity index is 1.79. The van der Waals surface area contributed by atoms with Gasteiger partial charge in [0, 0.05) is 17.8 Å². The highest BCUT2D eigenvalue weighted by Crippen LogP contribution is 2.31. The van der Waals surface area contributed by atoms with Gasteiger partial charge in [0.2, 0.25) is 5.91 Å². The molecule has 0 aromatic heterocycles. The molecule has 0 saturated heterocycles. The minimum atomic E-state index is 0.0608. The van der Waals surface area contributed by atoms with Gasteiger partial charge in [-0.25, -0.2) is 0 Å². The molecule has 1 aliphatic carbocycles. The first-order chi connectivity index (χ1) is 10.1. The SMILES string of the molecule is CN(C)C1(CNC(=O)CNc2ccccc2)CCCCC1. The molecule has 4 nitrogen and oxygen atoms in total. The molecule has 2 rings (SSSR count). The van der Waals surface area contributed by atoms with Gasteiger partial charge < -0.3 is 15.5 Å². The van der Waals surface area contributed by atoms with Gasteiger partial charge in [-0.2, -0.15) is 0 Å². The summed E-state index contributed by atoms with van der Waals surface area (Å²) < 4.78 is 0. The van der Waals surface area contributed by atoms with E-state index in [0.29, 0.717) is 6.54 Å². The lowest BCUT2D eigenvalue weighted by atomic mass is 9.80. The highest BCUT2D eigenvalue weighted by atomic mass is 16.1. The summed E-state index contributed by atoms with van der Waals surface area (Å²) in [4.78, 5) is 14.3. The molecule has 1 aromatic rings. The molecule has 1 fully saturated rings. The third-order valence-electron chi connectivity index (χ3n) is 4.57. The van der Waals surface area contributed by atoms with Gasteiger partial charge in [0.25, 0.3) is 0 Å². The zero-order valence-electron chi connectivity index (χ0n) is 13.2. The number of para-hydroxylation sites is 1. The second-order valence-corrected chi connectivity index (χ2v) is 6.18. The lowest BCUT2D eigenvalue weighted by Gasteiger charge is -2.43. The van der Waals surface area contributed by atoms with E-state index in [1.165, 1.54) is 32.1 Å². The van der Waals surface area contributed by atoms with Crippen molar-refractivity contribution < 1.29 is 4.79 Å². The molecule has 0 bridgehead atoms. The first kappa shape index (κ1) is 15.8. The summed E-state index contributed by atoms with van der Waals surface area (Å²) in [6, 6.07) is 9.83. The van der Waals surface area contributed by atoms with E-state index in [-0.39, 0.29) is 11.4 Å². The van der Waals surface area contributed by atoms with E-state index in [4.69, 9.17) is 0 Å². The molecular formula is C17H27N3O. The van der Waals surface area contributed by atoms with E-state index in [0.717, 1.165) is 12.2 Å². The second kappa shape index (κ2) is 7.46. The van der Waals surface area contributed by atoms with Crippen LogP contribution in [0.4, 0.5) is 5.69 Å². The Kier molecular flexibility index (Phi) is 5.62. The largest absolute Gasteiger partial charge is 0.376 e. The van der Waals surface area contributed by atoms with E-state index >= 15 is 0 Å². The number of hydrogen-bond acceptors (Lipinski definition) is 3. The molecule has 1 saturated carbocycles. The van der Waals surface area contributed by atoms with Gasteiger partial charge in [-0.15, -0.1) is 0 Å². The third kappa shape index (κ3) is 4.46. The minimum Gasteiger partial charge on any atom is -0.376 e. The highest BCUT2D eigenvalue weighted by Gasteiger charge is 2.34. The first-order valence-corrected chi connectivity index (χ1v) is 7.85. The summed E-state index contributed by atoms with van der Waals surface area (Å²) in [6.07, 6.45) is 6.19. The van der Waals surface area contributed by atoms with Gasteiger partial charge in [0.1, 0.15) is 0 Å². The maximum absolute atomic E-state index is 12.0. The fraction of sp³-hybridized carbons (Fsp3) is 0.588. The topological polar surface area (TPSA) is 44.4 Å². The summed E-state index contributed by atoms with van der Waals surface area (Å²) in [5.74, 6) is 0.0608. The van der Waals surface area contributed by atoms with Gasteiger partial charge >= 0.3 is 0 Å². The van der Waals surface area contributed by atoms with Gasteiger partial charge in [-0.05, 0) is 39.1 Å². The molecule has 2 N–H and O–H groups in total. The smallest absolute Gasteiger partial charge is 0.239 e. The lowest BCUT2D eigenvalue weighted by Crippen LogP contribution is -2.54. The Labute approximate surface area is 127 Å². The second-order valence-electron chi connectivity index (χ2n) is 6.18. The maximum Gasteiger partial charge on any atom is 0.239 e. The summed E-state index contributed by atoms with van der Waals surface area (Å²) in [7, 11) is 4.25. The zero-order chi connectivity index (χ0) is 15.1. The molecule has 1 aromatic carbocycles. The minimum absolute atomic E-state index is 0.0608. The van der Waals surface area contributed by atoms with Crippen LogP contribution in [0.2, 0.25) is 0 Å². The van der Waals surface area contributed by atoms with Gasteiger partial charge in [-0.3, -0.25) is 4.79 Å². The van der Waals surface area contributed by atoms with Crippen LogP contribution < -0.4 is 10.6 Å². The lowest BCUT2D eigenvalue weighted by molar-refractivity contribution is -0.120. The summed E-state index contributed by atoms with van der Waals surface area (Å²) in [5, 5.41) is 6.25. The van der Waals surface area contributed by atoms with Crippen LogP contribution in [0.3, 0.4) is 0 Å². The normalized spacial score (nSPS) is 17.5. The molecule has 0 radical (unpaired) electrons. The number of anilines is 1. The molecular weight excluding hydrogens is 262 g/mol. The van der Waals surface area contributed by atoms with Crippen LogP contribution in [0.15, 0.2) is 30.3 Å². The Morgan fingerprint density at radius 2 is 1.81 bits per heavy atom. The number of carbonyl (C=O) groups is 1. The van der Waals surface area contributed by atoms with Crippen molar-refractivity contribution in [3.8, 4) is 0 Å². The quantitative estimate of drug-likeness (QED) is 0.845. The Hall–Kier alpha value is -1.55. The predicted molar refractivity (Wildman–Crippen MR) is 87.4 cm³/mol. The van der Waals surface area contributed by atoms with E-state index in [1.54, 1.807) is 0 Å². The van der Waals surface area contributed by atoms with E-state index in [2.05, 4.69) is 29.6 Å². The summed E-state index contributed by atoms with van der Waals surface area (Å²) >= 11 is 0. The van der Waals surface area contributed by atoms with Crippen molar-refractivity contribution in [1.29, 1.82) is 0 Å². The van der Waals surface area contributed by atoms with Gasteiger partial charge in [0.15, 0.2) is 0 Å². The van der Waals surface area contributed by atoms with Crippen LogP contribution in [-0.2, 0) is 4.79 Å². The molecule has 4 heteroatoms. The molecule has 0 atom stereocenters. The highest BCUT2D eigenvalue weighted by molar-refractivity contribution is 5.80. The van der Waals surface area contributed by atoms with Crippen molar-refractivity contribution >= 4 is 11.6 Å². The van der Waals surface area contributed by atoms with E-state index in [1.807, 2.05) is 30.3 Å². The van der Waals surface area contributed by atoms with Crippen LogP contribution in [0.25, 0.3) is 0 Å². The van der Waals surface area contributed by atoms with Crippen LogP contribution in [0.5, 0.6) is 0 Å². The molecule has 21 heavy (non-hydrogen) atoms. The van der Waals surface area contributed by atoms with Crippen LogP contribution in [0.1, 0.15) is 32.1 Å². The number of benzene rings is 1. The Bertz CT molecular complexity index is 439. The van der Waals surface area contributed by atoms with Gasteiger partial charge in [0.05, 0.1) is 6.54 Å². The molecule has 0 heterocycles. The van der Waals surface area contributed by atoms with Crippen molar-refractivity contribution in [3.05, 3.63) is 30.3 Å².